The van der Waals surface area contributed by atoms with Crippen LogP contribution in [0.4, 0.5) is 13.2 Å². The summed E-state index contributed by atoms with van der Waals surface area (Å²) in [5.41, 5.74) is 3.70. The molecular formula is C16H10F3NO2. The fraction of sp³-hybridized carbons (Fsp3) is 0.0625. The van der Waals surface area contributed by atoms with Crippen molar-refractivity contribution in [3.8, 4) is 5.75 Å². The molecule has 0 radical (unpaired) electrons. The van der Waals surface area contributed by atoms with Gasteiger partial charge in [0.15, 0.2) is 5.75 Å². The molecule has 1 N–H and O–H groups in total. The normalized spacial score (nSPS) is 13.5. The third kappa shape index (κ3) is 2.67. The SMILES string of the molecule is O=Cc1ccc2c(c1)C=C(c1cccc(C(F)(F)F)c1)NO2. The molecule has 0 spiro atoms. The lowest BCUT2D eigenvalue weighted by Crippen LogP contribution is -2.21. The third-order valence-corrected chi connectivity index (χ3v) is 3.24. The molecule has 0 saturated carbocycles. The van der Waals surface area contributed by atoms with E-state index < -0.39 is 11.7 Å². The van der Waals surface area contributed by atoms with Crippen molar-refractivity contribution in [1.29, 1.82) is 0 Å². The van der Waals surface area contributed by atoms with Gasteiger partial charge in [0.1, 0.15) is 6.29 Å². The van der Waals surface area contributed by atoms with E-state index in [2.05, 4.69) is 5.48 Å². The summed E-state index contributed by atoms with van der Waals surface area (Å²) in [5, 5.41) is 0. The standard InChI is InChI=1S/C16H10F3NO2/c17-16(18,19)13-3-1-2-11(7-13)14-8-12-6-10(9-21)4-5-15(12)22-20-14/h1-9,20H. The van der Waals surface area contributed by atoms with E-state index >= 15 is 0 Å². The zero-order valence-electron chi connectivity index (χ0n) is 11.1. The molecule has 1 heterocycles. The Morgan fingerprint density at radius 2 is 1.91 bits per heavy atom. The first-order chi connectivity index (χ1) is 10.5. The number of rotatable bonds is 2. The lowest BCUT2D eigenvalue weighted by molar-refractivity contribution is -0.137. The third-order valence-electron chi connectivity index (χ3n) is 3.24. The Bertz CT molecular complexity index is 766. The van der Waals surface area contributed by atoms with Crippen LogP contribution in [0.5, 0.6) is 5.75 Å². The summed E-state index contributed by atoms with van der Waals surface area (Å²) >= 11 is 0. The average molecular weight is 305 g/mol. The maximum atomic E-state index is 12.8. The number of fused-ring (bicyclic) bond motifs is 1. The van der Waals surface area contributed by atoms with Crippen LogP contribution in [0, 0.1) is 0 Å². The van der Waals surface area contributed by atoms with Gasteiger partial charge in [0.2, 0.25) is 0 Å². The molecule has 1 aliphatic rings. The highest BCUT2D eigenvalue weighted by atomic mass is 19.4. The number of alkyl halides is 3. The van der Waals surface area contributed by atoms with Crippen molar-refractivity contribution < 1.29 is 22.8 Å². The molecule has 0 bridgehead atoms. The lowest BCUT2D eigenvalue weighted by atomic mass is 10.0. The van der Waals surface area contributed by atoms with Gasteiger partial charge < -0.3 is 4.84 Å². The summed E-state index contributed by atoms with van der Waals surface area (Å²) in [6, 6.07) is 9.74. The van der Waals surface area contributed by atoms with E-state index in [1.165, 1.54) is 6.07 Å². The number of nitrogens with one attached hydrogen (secondary N) is 1. The van der Waals surface area contributed by atoms with Gasteiger partial charge in [0.05, 0.1) is 11.3 Å². The van der Waals surface area contributed by atoms with Gasteiger partial charge in [-0.3, -0.25) is 4.79 Å². The van der Waals surface area contributed by atoms with E-state index in [1.807, 2.05) is 0 Å². The van der Waals surface area contributed by atoms with Gasteiger partial charge in [0.25, 0.3) is 0 Å². The zero-order valence-corrected chi connectivity index (χ0v) is 11.1. The number of halogens is 3. The van der Waals surface area contributed by atoms with Crippen molar-refractivity contribution in [2.24, 2.45) is 0 Å². The number of aldehydes is 1. The second kappa shape index (κ2) is 5.22. The zero-order chi connectivity index (χ0) is 15.7. The summed E-state index contributed by atoms with van der Waals surface area (Å²) in [7, 11) is 0. The lowest BCUT2D eigenvalue weighted by Gasteiger charge is -2.20. The van der Waals surface area contributed by atoms with Crippen molar-refractivity contribution >= 4 is 18.1 Å². The number of benzene rings is 2. The van der Waals surface area contributed by atoms with E-state index in [9.17, 15) is 18.0 Å². The van der Waals surface area contributed by atoms with Gasteiger partial charge in [-0.05, 0) is 36.4 Å². The average Bonchev–Trinajstić information content (AvgIpc) is 2.53. The molecule has 0 saturated heterocycles. The molecule has 0 fully saturated rings. The van der Waals surface area contributed by atoms with Crippen LogP contribution in [-0.2, 0) is 6.18 Å². The monoisotopic (exact) mass is 305 g/mol. The molecule has 1 aliphatic heterocycles. The summed E-state index contributed by atoms with van der Waals surface area (Å²) in [6.07, 6.45) is -2.07. The molecule has 0 unspecified atom stereocenters. The van der Waals surface area contributed by atoms with Crippen LogP contribution in [0.3, 0.4) is 0 Å². The highest BCUT2D eigenvalue weighted by molar-refractivity contribution is 5.86. The van der Waals surface area contributed by atoms with Gasteiger partial charge in [-0.2, -0.15) is 13.2 Å². The van der Waals surface area contributed by atoms with Gasteiger partial charge in [-0.25, -0.2) is 5.48 Å². The number of hydrogen-bond donors (Lipinski definition) is 1. The fourth-order valence-electron chi connectivity index (χ4n) is 2.15. The molecule has 2 aromatic carbocycles. The predicted octanol–water partition coefficient (Wildman–Crippen LogP) is 3.91. The Kier molecular flexibility index (Phi) is 3.36. The van der Waals surface area contributed by atoms with Gasteiger partial charge in [0, 0.05) is 16.7 Å². The first-order valence-corrected chi connectivity index (χ1v) is 6.39. The van der Waals surface area contributed by atoms with Crippen LogP contribution in [0.15, 0.2) is 42.5 Å². The molecule has 22 heavy (non-hydrogen) atoms. The first kappa shape index (κ1) is 14.2. The van der Waals surface area contributed by atoms with Crippen molar-refractivity contribution in [1.82, 2.24) is 5.48 Å². The van der Waals surface area contributed by atoms with Crippen LogP contribution in [0.2, 0.25) is 0 Å². The quantitative estimate of drug-likeness (QED) is 0.855. The van der Waals surface area contributed by atoms with Gasteiger partial charge >= 0.3 is 6.18 Å². The molecule has 0 amide bonds. The van der Waals surface area contributed by atoms with Crippen molar-refractivity contribution in [3.63, 3.8) is 0 Å². The molecule has 0 aromatic heterocycles. The summed E-state index contributed by atoms with van der Waals surface area (Å²) in [4.78, 5) is 16.1. The molecule has 2 aromatic rings. The molecular weight excluding hydrogens is 295 g/mol. The Morgan fingerprint density at radius 1 is 1.09 bits per heavy atom. The maximum Gasteiger partial charge on any atom is 0.416 e. The highest BCUT2D eigenvalue weighted by Crippen LogP contribution is 2.33. The summed E-state index contributed by atoms with van der Waals surface area (Å²) in [6.45, 7) is 0. The van der Waals surface area contributed by atoms with E-state index in [0.29, 0.717) is 34.4 Å². The van der Waals surface area contributed by atoms with E-state index in [0.717, 1.165) is 12.1 Å². The molecule has 0 aliphatic carbocycles. The van der Waals surface area contributed by atoms with Crippen molar-refractivity contribution in [3.05, 3.63) is 64.7 Å². The number of carbonyl (C=O) groups excluding carboxylic acids is 1. The largest absolute Gasteiger partial charge is 0.416 e. The summed E-state index contributed by atoms with van der Waals surface area (Å²) in [5.74, 6) is 0.501. The fourth-order valence-corrected chi connectivity index (χ4v) is 2.15. The minimum Gasteiger partial charge on any atom is -0.382 e. The minimum absolute atomic E-state index is 0.344. The Balaban J connectivity index is 2.02. The molecule has 0 atom stereocenters. The second-order valence-electron chi connectivity index (χ2n) is 4.76. The van der Waals surface area contributed by atoms with E-state index in [4.69, 9.17) is 4.84 Å². The van der Waals surface area contributed by atoms with E-state index in [1.54, 1.807) is 30.3 Å². The minimum atomic E-state index is -4.41. The van der Waals surface area contributed by atoms with Gasteiger partial charge in [-0.15, -0.1) is 0 Å². The predicted molar refractivity (Wildman–Crippen MR) is 74.9 cm³/mol. The van der Waals surface area contributed by atoms with Crippen LogP contribution in [-0.4, -0.2) is 6.29 Å². The summed E-state index contributed by atoms with van der Waals surface area (Å²) < 4.78 is 38.3. The smallest absolute Gasteiger partial charge is 0.382 e. The van der Waals surface area contributed by atoms with Crippen LogP contribution < -0.4 is 10.3 Å². The van der Waals surface area contributed by atoms with Crippen molar-refractivity contribution in [2.75, 3.05) is 0 Å². The molecule has 6 heteroatoms. The van der Waals surface area contributed by atoms with Crippen LogP contribution in [0.25, 0.3) is 11.8 Å². The van der Waals surface area contributed by atoms with Crippen molar-refractivity contribution in [2.45, 2.75) is 6.18 Å². The van der Waals surface area contributed by atoms with Crippen LogP contribution in [0.1, 0.15) is 27.0 Å². The molecule has 112 valence electrons. The Morgan fingerprint density at radius 3 is 2.64 bits per heavy atom. The van der Waals surface area contributed by atoms with Gasteiger partial charge in [-0.1, -0.05) is 12.1 Å². The number of carbonyl (C=O) groups is 1. The molecule has 3 rings (SSSR count). The molecule has 3 nitrogen and oxygen atoms in total. The number of hydroxylamine groups is 1. The highest BCUT2D eigenvalue weighted by Gasteiger charge is 2.30. The topological polar surface area (TPSA) is 38.3 Å². The Hall–Kier alpha value is -2.76. The maximum absolute atomic E-state index is 12.8. The number of hydrogen-bond acceptors (Lipinski definition) is 3. The first-order valence-electron chi connectivity index (χ1n) is 6.39. The second-order valence-corrected chi connectivity index (χ2v) is 4.76. The van der Waals surface area contributed by atoms with E-state index in [-0.39, 0.29) is 0 Å². The van der Waals surface area contributed by atoms with Crippen LogP contribution >= 0.6 is 0 Å². The Labute approximate surface area is 124 Å².